The monoisotopic (exact) mass is 423 g/mol. The average molecular weight is 423 g/mol. The van der Waals surface area contributed by atoms with Gasteiger partial charge < -0.3 is 8.94 Å². The molecular weight excluding hydrogens is 402 g/mol. The van der Waals surface area contributed by atoms with Gasteiger partial charge in [0.05, 0.1) is 17.7 Å². The number of carbonyl (C=O) groups excluding carboxylic acids is 1. The van der Waals surface area contributed by atoms with Crippen LogP contribution in [0.4, 0.5) is 5.88 Å². The first-order chi connectivity index (χ1) is 14.4. The fourth-order valence-corrected chi connectivity index (χ4v) is 3.48. The molecule has 0 saturated carbocycles. The van der Waals surface area contributed by atoms with Crippen molar-refractivity contribution in [2.24, 2.45) is 0 Å². The third-order valence-electron chi connectivity index (χ3n) is 4.26. The van der Waals surface area contributed by atoms with Crippen LogP contribution in [0.15, 0.2) is 68.9 Å². The number of aromatic nitrogens is 4. The molecule has 0 aliphatic heterocycles. The van der Waals surface area contributed by atoms with Crippen LogP contribution in [0.2, 0.25) is 0 Å². The fraction of sp³-hybridized carbons (Fsp3) is 0.238. The summed E-state index contributed by atoms with van der Waals surface area (Å²) in [6.45, 7) is 6.08. The van der Waals surface area contributed by atoms with Crippen LogP contribution in [-0.4, -0.2) is 31.6 Å². The first kappa shape index (κ1) is 20.0. The number of rotatable bonds is 6. The summed E-state index contributed by atoms with van der Waals surface area (Å²) in [7, 11) is 0. The number of furan rings is 1. The summed E-state index contributed by atoms with van der Waals surface area (Å²) in [5.74, 6) is 1.40. The van der Waals surface area contributed by atoms with Gasteiger partial charge in [0, 0.05) is 17.2 Å². The van der Waals surface area contributed by atoms with E-state index < -0.39 is 0 Å². The number of benzene rings is 1. The molecule has 0 aliphatic carbocycles. The van der Waals surface area contributed by atoms with E-state index in [1.807, 2.05) is 61.7 Å². The van der Waals surface area contributed by atoms with Crippen LogP contribution in [0, 0.1) is 0 Å². The highest BCUT2D eigenvalue weighted by Crippen LogP contribution is 2.28. The molecule has 0 unspecified atom stereocenters. The molecule has 1 amide bonds. The molecule has 4 rings (SSSR count). The van der Waals surface area contributed by atoms with Gasteiger partial charge in [-0.05, 0) is 24.3 Å². The number of nitrogens with zero attached hydrogens (tertiary/aromatic N) is 4. The van der Waals surface area contributed by atoms with Crippen molar-refractivity contribution < 1.29 is 13.7 Å². The number of carbonyl (C=O) groups is 1. The summed E-state index contributed by atoms with van der Waals surface area (Å²) in [6, 6.07) is 15.0. The van der Waals surface area contributed by atoms with E-state index in [9.17, 15) is 4.79 Å². The van der Waals surface area contributed by atoms with E-state index >= 15 is 0 Å². The third-order valence-corrected chi connectivity index (χ3v) is 5.19. The van der Waals surface area contributed by atoms with Crippen molar-refractivity contribution in [3.05, 3.63) is 60.5 Å². The summed E-state index contributed by atoms with van der Waals surface area (Å²) >= 11 is 1.27. The van der Waals surface area contributed by atoms with Gasteiger partial charge in [-0.15, -0.1) is 10.2 Å². The molecule has 9 heteroatoms. The van der Waals surface area contributed by atoms with Crippen molar-refractivity contribution in [1.29, 1.82) is 0 Å². The number of para-hydroxylation sites is 1. The topological polar surface area (TPSA) is 99.0 Å². The number of anilines is 1. The Balaban J connectivity index is 1.51. The fourth-order valence-electron chi connectivity index (χ4n) is 2.73. The first-order valence-corrected chi connectivity index (χ1v) is 10.3. The van der Waals surface area contributed by atoms with Crippen molar-refractivity contribution in [2.45, 2.75) is 31.3 Å². The lowest BCUT2D eigenvalue weighted by Gasteiger charge is -2.12. The molecule has 154 valence electrons. The van der Waals surface area contributed by atoms with Crippen LogP contribution < -0.4 is 5.32 Å². The highest BCUT2D eigenvalue weighted by molar-refractivity contribution is 7.99. The van der Waals surface area contributed by atoms with Gasteiger partial charge >= 0.3 is 0 Å². The van der Waals surface area contributed by atoms with Gasteiger partial charge in [0.15, 0.2) is 10.9 Å². The largest absolute Gasteiger partial charge is 0.461 e. The quantitative estimate of drug-likeness (QED) is 0.454. The van der Waals surface area contributed by atoms with Gasteiger partial charge in [0.1, 0.15) is 0 Å². The van der Waals surface area contributed by atoms with E-state index in [-0.39, 0.29) is 17.1 Å². The molecule has 0 spiro atoms. The molecule has 1 N–H and O–H groups in total. The number of hydrogen-bond donors (Lipinski definition) is 1. The summed E-state index contributed by atoms with van der Waals surface area (Å²) < 4.78 is 12.6. The molecule has 0 atom stereocenters. The molecule has 0 bridgehead atoms. The summed E-state index contributed by atoms with van der Waals surface area (Å²) in [5, 5.41) is 15.9. The molecule has 0 fully saturated rings. The number of thioether (sulfide) groups is 1. The van der Waals surface area contributed by atoms with Gasteiger partial charge in [-0.2, -0.15) is 0 Å². The minimum atomic E-state index is -0.223. The molecular formula is C21H21N5O3S. The lowest BCUT2D eigenvalue weighted by Crippen LogP contribution is -2.14. The van der Waals surface area contributed by atoms with Crippen LogP contribution in [0.1, 0.15) is 26.5 Å². The minimum Gasteiger partial charge on any atom is -0.461 e. The SMILES string of the molecule is CC(C)(C)c1cc(NC(=O)CSc2nnc(-c3ccco3)n2-c2ccccc2)on1. The van der Waals surface area contributed by atoms with Crippen molar-refractivity contribution in [2.75, 3.05) is 11.1 Å². The van der Waals surface area contributed by atoms with Gasteiger partial charge in [-0.3, -0.25) is 14.7 Å². The summed E-state index contributed by atoms with van der Waals surface area (Å²) in [6.07, 6.45) is 1.59. The molecule has 0 saturated heterocycles. The summed E-state index contributed by atoms with van der Waals surface area (Å²) in [5.41, 5.74) is 1.49. The van der Waals surface area contributed by atoms with Crippen LogP contribution in [0.3, 0.4) is 0 Å². The predicted octanol–water partition coefficient (Wildman–Crippen LogP) is 4.54. The van der Waals surface area contributed by atoms with Crippen molar-refractivity contribution in [3.63, 3.8) is 0 Å². The Bertz CT molecular complexity index is 1130. The first-order valence-electron chi connectivity index (χ1n) is 9.36. The Hall–Kier alpha value is -3.33. The van der Waals surface area contributed by atoms with Gasteiger partial charge in [-0.1, -0.05) is 55.9 Å². The Morgan fingerprint density at radius 3 is 2.60 bits per heavy atom. The maximum atomic E-state index is 12.4. The van der Waals surface area contributed by atoms with Crippen LogP contribution in [0.25, 0.3) is 17.3 Å². The van der Waals surface area contributed by atoms with Crippen LogP contribution in [-0.2, 0) is 10.2 Å². The minimum absolute atomic E-state index is 0.134. The van der Waals surface area contributed by atoms with E-state index in [0.29, 0.717) is 22.6 Å². The van der Waals surface area contributed by atoms with E-state index in [2.05, 4.69) is 20.7 Å². The van der Waals surface area contributed by atoms with Crippen molar-refractivity contribution in [3.8, 4) is 17.3 Å². The van der Waals surface area contributed by atoms with E-state index in [4.69, 9.17) is 8.94 Å². The van der Waals surface area contributed by atoms with Crippen molar-refractivity contribution >= 4 is 23.6 Å². The lowest BCUT2D eigenvalue weighted by atomic mass is 9.92. The highest BCUT2D eigenvalue weighted by Gasteiger charge is 2.21. The number of hydrogen-bond acceptors (Lipinski definition) is 7. The zero-order valence-corrected chi connectivity index (χ0v) is 17.6. The zero-order valence-electron chi connectivity index (χ0n) is 16.8. The molecule has 4 aromatic rings. The van der Waals surface area contributed by atoms with E-state index in [1.165, 1.54) is 11.8 Å². The van der Waals surface area contributed by atoms with E-state index in [0.717, 1.165) is 11.4 Å². The molecule has 0 aliphatic rings. The average Bonchev–Trinajstić information content (AvgIpc) is 3.46. The molecule has 3 heterocycles. The molecule has 1 aromatic carbocycles. The summed E-state index contributed by atoms with van der Waals surface area (Å²) in [4.78, 5) is 12.4. The smallest absolute Gasteiger partial charge is 0.237 e. The third kappa shape index (κ3) is 4.30. The Kier molecular flexibility index (Phi) is 5.45. The Morgan fingerprint density at radius 1 is 1.13 bits per heavy atom. The number of nitrogens with one attached hydrogen (secondary N) is 1. The Morgan fingerprint density at radius 2 is 1.93 bits per heavy atom. The molecule has 30 heavy (non-hydrogen) atoms. The van der Waals surface area contributed by atoms with Gasteiger partial charge in [0.2, 0.25) is 17.6 Å². The van der Waals surface area contributed by atoms with Crippen LogP contribution in [0.5, 0.6) is 0 Å². The standard InChI is InChI=1S/C21H21N5O3S/c1-21(2,3)16-12-18(29-25-16)22-17(27)13-30-20-24-23-19(15-10-7-11-28-15)26(20)14-8-5-4-6-9-14/h4-12H,13H2,1-3H3,(H,22,27). The van der Waals surface area contributed by atoms with Crippen LogP contribution >= 0.6 is 11.8 Å². The predicted molar refractivity (Wildman–Crippen MR) is 114 cm³/mol. The maximum Gasteiger partial charge on any atom is 0.237 e. The highest BCUT2D eigenvalue weighted by atomic mass is 32.2. The lowest BCUT2D eigenvalue weighted by molar-refractivity contribution is -0.113. The Labute approximate surface area is 177 Å². The van der Waals surface area contributed by atoms with Gasteiger partial charge in [0.25, 0.3) is 0 Å². The maximum absolute atomic E-state index is 12.4. The molecule has 8 nitrogen and oxygen atoms in total. The second kappa shape index (κ2) is 8.19. The zero-order chi connectivity index (χ0) is 21.1. The second-order valence-electron chi connectivity index (χ2n) is 7.62. The van der Waals surface area contributed by atoms with Gasteiger partial charge in [-0.25, -0.2) is 0 Å². The van der Waals surface area contributed by atoms with Crippen molar-refractivity contribution in [1.82, 2.24) is 19.9 Å². The molecule has 0 radical (unpaired) electrons. The molecule has 3 aromatic heterocycles. The normalized spacial score (nSPS) is 11.6. The van der Waals surface area contributed by atoms with E-state index in [1.54, 1.807) is 18.4 Å². The second-order valence-corrected chi connectivity index (χ2v) is 8.56. The number of amides is 1.